The van der Waals surface area contributed by atoms with Gasteiger partial charge in [-0.3, -0.25) is 0 Å². The molecule has 90 valence electrons. The Morgan fingerprint density at radius 3 is 2.62 bits per heavy atom. The van der Waals surface area contributed by atoms with Gasteiger partial charge in [-0.25, -0.2) is 0 Å². The van der Waals surface area contributed by atoms with E-state index in [4.69, 9.17) is 23.2 Å². The van der Waals surface area contributed by atoms with Gasteiger partial charge in [0.25, 0.3) is 0 Å². The second-order valence-corrected chi connectivity index (χ2v) is 7.58. The van der Waals surface area contributed by atoms with Crippen LogP contribution in [-0.4, -0.2) is 6.54 Å². The fourth-order valence-corrected chi connectivity index (χ4v) is 3.65. The van der Waals surface area contributed by atoms with Crippen LogP contribution in [0.5, 0.6) is 0 Å². The van der Waals surface area contributed by atoms with Crippen LogP contribution in [0.4, 0.5) is 0 Å². The molecular weight excluding hydrogens is 261 g/mol. The summed E-state index contributed by atoms with van der Waals surface area (Å²) in [6, 6.07) is 2.25. The summed E-state index contributed by atoms with van der Waals surface area (Å²) < 4.78 is 1.57. The molecule has 1 aromatic rings. The minimum atomic E-state index is 0.285. The van der Waals surface area contributed by atoms with E-state index in [0.29, 0.717) is 5.41 Å². The molecule has 0 saturated heterocycles. The molecule has 0 aliphatic heterocycles. The van der Waals surface area contributed by atoms with E-state index < -0.39 is 0 Å². The van der Waals surface area contributed by atoms with Crippen molar-refractivity contribution in [3.8, 4) is 0 Å². The quantitative estimate of drug-likeness (QED) is 0.838. The van der Waals surface area contributed by atoms with Crippen LogP contribution in [0.25, 0.3) is 0 Å². The highest BCUT2D eigenvalue weighted by Gasteiger charge is 2.44. The van der Waals surface area contributed by atoms with Gasteiger partial charge in [-0.2, -0.15) is 0 Å². The highest BCUT2D eigenvalue weighted by atomic mass is 35.5. The maximum absolute atomic E-state index is 6.12. The normalized spacial score (nSPS) is 24.4. The summed E-state index contributed by atoms with van der Waals surface area (Å²) in [5.74, 6) is 0.808. The number of nitrogens with one attached hydrogen (secondary N) is 1. The summed E-state index contributed by atoms with van der Waals surface area (Å²) in [6.45, 7) is 7.84. The maximum Gasteiger partial charge on any atom is 0.0991 e. The second kappa shape index (κ2) is 4.49. The highest BCUT2D eigenvalue weighted by molar-refractivity contribution is 7.20. The van der Waals surface area contributed by atoms with E-state index in [1.807, 2.05) is 6.07 Å². The Kier molecular flexibility index (Phi) is 3.56. The van der Waals surface area contributed by atoms with Crippen molar-refractivity contribution in [1.29, 1.82) is 0 Å². The first-order valence-electron chi connectivity index (χ1n) is 5.58. The summed E-state index contributed by atoms with van der Waals surface area (Å²) >= 11 is 13.5. The Labute approximate surface area is 111 Å². The van der Waals surface area contributed by atoms with Gasteiger partial charge in [-0.15, -0.1) is 11.3 Å². The van der Waals surface area contributed by atoms with Crippen molar-refractivity contribution in [1.82, 2.24) is 5.32 Å². The number of rotatable bonds is 4. The van der Waals surface area contributed by atoms with E-state index in [-0.39, 0.29) is 6.04 Å². The van der Waals surface area contributed by atoms with Gasteiger partial charge in [0.2, 0.25) is 0 Å². The van der Waals surface area contributed by atoms with E-state index in [0.717, 1.165) is 26.7 Å². The van der Waals surface area contributed by atoms with Gasteiger partial charge in [-0.05, 0) is 42.9 Å². The average Bonchev–Trinajstić information content (AvgIpc) is 2.63. The van der Waals surface area contributed by atoms with Crippen molar-refractivity contribution < 1.29 is 0 Å². The first kappa shape index (κ1) is 12.7. The van der Waals surface area contributed by atoms with Gasteiger partial charge in [0, 0.05) is 6.04 Å². The molecule has 1 N–H and O–H groups in total. The second-order valence-electron chi connectivity index (χ2n) is 5.30. The van der Waals surface area contributed by atoms with Crippen molar-refractivity contribution in [2.75, 3.05) is 6.54 Å². The fraction of sp³-hybridized carbons (Fsp3) is 0.667. The largest absolute Gasteiger partial charge is 0.310 e. The van der Waals surface area contributed by atoms with Crippen LogP contribution in [0, 0.1) is 11.3 Å². The highest BCUT2D eigenvalue weighted by Crippen LogP contribution is 2.51. The first-order chi connectivity index (χ1) is 7.40. The number of thiophene rings is 1. The lowest BCUT2D eigenvalue weighted by atomic mass is 10.1. The molecule has 16 heavy (non-hydrogen) atoms. The van der Waals surface area contributed by atoms with Crippen molar-refractivity contribution >= 4 is 34.5 Å². The zero-order valence-electron chi connectivity index (χ0n) is 9.81. The van der Waals surface area contributed by atoms with E-state index >= 15 is 0 Å². The molecule has 2 rings (SSSR count). The molecular formula is C12H17Cl2NS. The van der Waals surface area contributed by atoms with Gasteiger partial charge in [0.15, 0.2) is 0 Å². The SMILES string of the molecule is CC(NCC1CC1(C)C)c1cc(Cl)sc1Cl. The molecule has 1 aliphatic carbocycles. The van der Waals surface area contributed by atoms with Crippen LogP contribution >= 0.6 is 34.5 Å². The smallest absolute Gasteiger partial charge is 0.0991 e. The molecule has 1 heterocycles. The van der Waals surface area contributed by atoms with Gasteiger partial charge in [-0.1, -0.05) is 37.0 Å². The van der Waals surface area contributed by atoms with E-state index in [1.54, 1.807) is 0 Å². The molecule has 1 fully saturated rings. The monoisotopic (exact) mass is 277 g/mol. The Hall–Kier alpha value is 0.240. The maximum atomic E-state index is 6.12. The summed E-state index contributed by atoms with van der Waals surface area (Å²) in [6.07, 6.45) is 1.32. The van der Waals surface area contributed by atoms with Crippen molar-refractivity contribution in [2.45, 2.75) is 33.2 Å². The van der Waals surface area contributed by atoms with Gasteiger partial charge >= 0.3 is 0 Å². The molecule has 4 heteroatoms. The summed E-state index contributed by atoms with van der Waals surface area (Å²) in [5, 5.41) is 3.53. The predicted octanol–water partition coefficient (Wildman–Crippen LogP) is 4.75. The standard InChI is InChI=1S/C12H17Cl2NS/c1-7(9-4-10(13)16-11(9)14)15-6-8-5-12(8,2)3/h4,7-8,15H,5-6H2,1-3H3. The predicted molar refractivity (Wildman–Crippen MR) is 72.6 cm³/mol. The lowest BCUT2D eigenvalue weighted by Crippen LogP contribution is -2.22. The molecule has 0 amide bonds. The Balaban J connectivity index is 1.89. The zero-order valence-corrected chi connectivity index (χ0v) is 12.1. The van der Waals surface area contributed by atoms with Crippen molar-refractivity contribution in [2.24, 2.45) is 11.3 Å². The Morgan fingerprint density at radius 2 is 2.19 bits per heavy atom. The van der Waals surface area contributed by atoms with E-state index in [9.17, 15) is 0 Å². The van der Waals surface area contributed by atoms with Crippen LogP contribution in [0.2, 0.25) is 8.67 Å². The molecule has 0 radical (unpaired) electrons. The molecule has 2 unspecified atom stereocenters. The summed E-state index contributed by atoms with van der Waals surface area (Å²) in [5.41, 5.74) is 1.65. The van der Waals surface area contributed by atoms with Crippen LogP contribution < -0.4 is 5.32 Å². The molecule has 1 aromatic heterocycles. The van der Waals surface area contributed by atoms with Crippen LogP contribution in [-0.2, 0) is 0 Å². The minimum Gasteiger partial charge on any atom is -0.310 e. The number of hydrogen-bond donors (Lipinski definition) is 1. The first-order valence-corrected chi connectivity index (χ1v) is 7.15. The molecule has 1 aliphatic rings. The minimum absolute atomic E-state index is 0.285. The Bertz CT molecular complexity index is 386. The third-order valence-corrected chi connectivity index (χ3v) is 5.06. The fourth-order valence-electron chi connectivity index (χ4n) is 2.00. The van der Waals surface area contributed by atoms with Crippen molar-refractivity contribution in [3.63, 3.8) is 0 Å². The Morgan fingerprint density at radius 1 is 1.56 bits per heavy atom. The van der Waals surface area contributed by atoms with E-state index in [2.05, 4.69) is 26.1 Å². The van der Waals surface area contributed by atoms with Crippen LogP contribution in [0.1, 0.15) is 38.8 Å². The molecule has 0 bridgehead atoms. The number of hydrogen-bond acceptors (Lipinski definition) is 2. The lowest BCUT2D eigenvalue weighted by molar-refractivity contribution is 0.485. The lowest BCUT2D eigenvalue weighted by Gasteiger charge is -2.13. The van der Waals surface area contributed by atoms with Gasteiger partial charge < -0.3 is 5.32 Å². The topological polar surface area (TPSA) is 12.0 Å². The van der Waals surface area contributed by atoms with Crippen LogP contribution in [0.15, 0.2) is 6.07 Å². The summed E-state index contributed by atoms with van der Waals surface area (Å²) in [4.78, 5) is 0. The molecule has 2 atom stereocenters. The molecule has 0 aromatic carbocycles. The number of halogens is 2. The summed E-state index contributed by atoms with van der Waals surface area (Å²) in [7, 11) is 0. The van der Waals surface area contributed by atoms with Crippen LogP contribution in [0.3, 0.4) is 0 Å². The van der Waals surface area contributed by atoms with Gasteiger partial charge in [0.05, 0.1) is 8.67 Å². The average molecular weight is 278 g/mol. The molecule has 0 spiro atoms. The third kappa shape index (κ3) is 2.73. The third-order valence-electron chi connectivity index (χ3n) is 3.54. The van der Waals surface area contributed by atoms with Gasteiger partial charge in [0.1, 0.15) is 0 Å². The van der Waals surface area contributed by atoms with Crippen molar-refractivity contribution in [3.05, 3.63) is 20.3 Å². The zero-order chi connectivity index (χ0) is 11.9. The molecule has 1 saturated carbocycles. The molecule has 1 nitrogen and oxygen atoms in total. The van der Waals surface area contributed by atoms with E-state index in [1.165, 1.54) is 17.8 Å².